The van der Waals surface area contributed by atoms with Crippen LogP contribution in [-0.4, -0.2) is 26.2 Å². The third-order valence-corrected chi connectivity index (χ3v) is 5.07. The number of hydrogen-bond acceptors (Lipinski definition) is 6. The number of azo groups is 1. The van der Waals surface area contributed by atoms with Crippen molar-refractivity contribution >= 4 is 45.9 Å². The number of carbonyl (C=O) groups excluding carboxylic acids is 2. The van der Waals surface area contributed by atoms with Crippen molar-refractivity contribution in [3.05, 3.63) is 81.4 Å². The van der Waals surface area contributed by atoms with Crippen LogP contribution in [0.1, 0.15) is 20.7 Å². The highest BCUT2D eigenvalue weighted by atomic mass is 127. The molecule has 0 aliphatic rings. The summed E-state index contributed by atoms with van der Waals surface area (Å²) in [5, 5.41) is 8.72. The summed E-state index contributed by atoms with van der Waals surface area (Å²) >= 11 is 2.19. The van der Waals surface area contributed by atoms with E-state index in [-0.39, 0.29) is 0 Å². The maximum Gasteiger partial charge on any atom is 0.337 e. The minimum Gasteiger partial charge on any atom is -0.465 e. The first kappa shape index (κ1) is 20.7. The molecule has 0 aromatic heterocycles. The Morgan fingerprint density at radius 1 is 0.759 bits per heavy atom. The molecule has 7 heteroatoms. The van der Waals surface area contributed by atoms with Crippen molar-refractivity contribution in [1.82, 2.24) is 0 Å². The fraction of sp³-hybridized carbons (Fsp3) is 0.0909. The Bertz CT molecular complexity index is 1080. The van der Waals surface area contributed by atoms with Crippen LogP contribution in [0, 0.1) is 3.57 Å². The van der Waals surface area contributed by atoms with Gasteiger partial charge in [-0.15, -0.1) is 10.2 Å². The highest BCUT2D eigenvalue weighted by Crippen LogP contribution is 2.33. The molecule has 0 amide bonds. The van der Waals surface area contributed by atoms with Gasteiger partial charge in [0, 0.05) is 9.13 Å². The quantitative estimate of drug-likeness (QED) is 0.247. The van der Waals surface area contributed by atoms with E-state index < -0.39 is 11.9 Å². The fourth-order valence-electron chi connectivity index (χ4n) is 2.65. The van der Waals surface area contributed by atoms with Gasteiger partial charge in [0.1, 0.15) is 0 Å². The van der Waals surface area contributed by atoms with E-state index in [0.29, 0.717) is 16.8 Å². The number of methoxy groups -OCH3 is 2. The summed E-state index contributed by atoms with van der Waals surface area (Å²) in [5.41, 5.74) is 3.65. The van der Waals surface area contributed by atoms with E-state index in [0.717, 1.165) is 20.4 Å². The molecule has 0 saturated heterocycles. The lowest BCUT2D eigenvalue weighted by atomic mass is 10.0. The summed E-state index contributed by atoms with van der Waals surface area (Å²) in [7, 11) is 2.67. The molecule has 0 unspecified atom stereocenters. The van der Waals surface area contributed by atoms with Crippen molar-refractivity contribution in [2.45, 2.75) is 0 Å². The molecule has 0 spiro atoms. The lowest BCUT2D eigenvalue weighted by molar-refractivity contribution is 0.0592. The second kappa shape index (κ2) is 9.42. The normalized spacial score (nSPS) is 10.7. The van der Waals surface area contributed by atoms with Crippen LogP contribution in [0.5, 0.6) is 0 Å². The molecule has 0 bridgehead atoms. The second-order valence-electron chi connectivity index (χ2n) is 5.94. The number of hydrogen-bond donors (Lipinski definition) is 0. The molecule has 6 nitrogen and oxygen atoms in total. The molecule has 0 aliphatic heterocycles. The van der Waals surface area contributed by atoms with Crippen LogP contribution in [-0.2, 0) is 9.47 Å². The first-order valence-electron chi connectivity index (χ1n) is 8.61. The molecule has 3 rings (SSSR count). The zero-order valence-electron chi connectivity index (χ0n) is 15.8. The predicted molar refractivity (Wildman–Crippen MR) is 118 cm³/mol. The number of ether oxygens (including phenoxy) is 2. The molecular formula is C22H17IN2O4. The highest BCUT2D eigenvalue weighted by Gasteiger charge is 2.13. The number of rotatable bonds is 5. The average Bonchev–Trinajstić information content (AvgIpc) is 2.77. The van der Waals surface area contributed by atoms with E-state index in [2.05, 4.69) is 32.8 Å². The standard InChI is InChI=1S/C22H17IN2O4/c1-28-21(26)15-9-7-14(8-10-15)17-12-11-16(22(27)29-2)13-20(17)25-24-19-6-4-3-5-18(19)23/h3-13H,1-2H3. The summed E-state index contributed by atoms with van der Waals surface area (Å²) in [6.07, 6.45) is 0. The predicted octanol–water partition coefficient (Wildman–Crippen LogP) is 5.95. The Morgan fingerprint density at radius 2 is 1.34 bits per heavy atom. The van der Waals surface area contributed by atoms with Crippen LogP contribution >= 0.6 is 22.6 Å². The largest absolute Gasteiger partial charge is 0.465 e. The van der Waals surface area contributed by atoms with Crippen LogP contribution in [0.15, 0.2) is 77.0 Å². The Balaban J connectivity index is 2.05. The fourth-order valence-corrected chi connectivity index (χ4v) is 3.14. The van der Waals surface area contributed by atoms with Gasteiger partial charge in [0.2, 0.25) is 0 Å². The molecule has 0 heterocycles. The van der Waals surface area contributed by atoms with E-state index in [1.807, 2.05) is 24.3 Å². The monoisotopic (exact) mass is 500 g/mol. The molecule has 0 radical (unpaired) electrons. The summed E-state index contributed by atoms with van der Waals surface area (Å²) in [6.45, 7) is 0. The first-order valence-corrected chi connectivity index (χ1v) is 9.68. The number of carbonyl (C=O) groups is 2. The van der Waals surface area contributed by atoms with Crippen LogP contribution in [0.2, 0.25) is 0 Å². The number of esters is 2. The molecule has 0 atom stereocenters. The van der Waals surface area contributed by atoms with Gasteiger partial charge < -0.3 is 9.47 Å². The van der Waals surface area contributed by atoms with Crippen molar-refractivity contribution in [3.63, 3.8) is 0 Å². The van der Waals surface area contributed by atoms with Crippen molar-refractivity contribution in [3.8, 4) is 11.1 Å². The summed E-state index contributed by atoms with van der Waals surface area (Å²) in [4.78, 5) is 23.6. The van der Waals surface area contributed by atoms with Gasteiger partial charge in [-0.05, 0) is 64.6 Å². The smallest absolute Gasteiger partial charge is 0.337 e. The summed E-state index contributed by atoms with van der Waals surface area (Å²) < 4.78 is 10.5. The van der Waals surface area contributed by atoms with Gasteiger partial charge in [0.25, 0.3) is 0 Å². The van der Waals surface area contributed by atoms with Crippen LogP contribution in [0.4, 0.5) is 11.4 Å². The van der Waals surface area contributed by atoms with Gasteiger partial charge in [0.15, 0.2) is 0 Å². The zero-order valence-corrected chi connectivity index (χ0v) is 17.9. The van der Waals surface area contributed by atoms with Crippen LogP contribution in [0.3, 0.4) is 0 Å². The third-order valence-electron chi connectivity index (χ3n) is 4.15. The number of benzene rings is 3. The lowest BCUT2D eigenvalue weighted by Crippen LogP contribution is -2.01. The topological polar surface area (TPSA) is 77.3 Å². The van der Waals surface area contributed by atoms with E-state index in [1.165, 1.54) is 14.2 Å². The molecule has 0 N–H and O–H groups in total. The van der Waals surface area contributed by atoms with Crippen molar-refractivity contribution < 1.29 is 19.1 Å². The van der Waals surface area contributed by atoms with E-state index in [1.54, 1.807) is 42.5 Å². The third kappa shape index (κ3) is 4.86. The van der Waals surface area contributed by atoms with Gasteiger partial charge in [-0.3, -0.25) is 0 Å². The molecule has 3 aromatic carbocycles. The van der Waals surface area contributed by atoms with Crippen molar-refractivity contribution in [1.29, 1.82) is 0 Å². The van der Waals surface area contributed by atoms with E-state index in [9.17, 15) is 9.59 Å². The van der Waals surface area contributed by atoms with Crippen molar-refractivity contribution in [2.24, 2.45) is 10.2 Å². The minimum atomic E-state index is -0.455. The molecular weight excluding hydrogens is 483 g/mol. The van der Waals surface area contributed by atoms with E-state index >= 15 is 0 Å². The maximum absolute atomic E-state index is 11.9. The average molecular weight is 500 g/mol. The van der Waals surface area contributed by atoms with Crippen LogP contribution in [0.25, 0.3) is 11.1 Å². The van der Waals surface area contributed by atoms with E-state index in [4.69, 9.17) is 9.47 Å². The Morgan fingerprint density at radius 3 is 2.00 bits per heavy atom. The zero-order chi connectivity index (χ0) is 20.8. The minimum absolute atomic E-state index is 0.374. The number of nitrogens with zero attached hydrogens (tertiary/aromatic N) is 2. The van der Waals surface area contributed by atoms with Gasteiger partial charge >= 0.3 is 11.9 Å². The first-order chi connectivity index (χ1) is 14.0. The van der Waals surface area contributed by atoms with Crippen LogP contribution < -0.4 is 0 Å². The molecule has 0 fully saturated rings. The molecule has 29 heavy (non-hydrogen) atoms. The molecule has 146 valence electrons. The Hall–Kier alpha value is -3.07. The van der Waals surface area contributed by atoms with Gasteiger partial charge in [-0.25, -0.2) is 9.59 Å². The maximum atomic E-state index is 11.9. The van der Waals surface area contributed by atoms with Crippen molar-refractivity contribution in [2.75, 3.05) is 14.2 Å². The Labute approximate surface area is 181 Å². The van der Waals surface area contributed by atoms with Gasteiger partial charge in [0.05, 0.1) is 36.7 Å². The SMILES string of the molecule is COC(=O)c1ccc(-c2ccc(C(=O)OC)cc2N=Nc2ccccc2I)cc1. The number of halogens is 1. The second-order valence-corrected chi connectivity index (χ2v) is 7.11. The van der Waals surface area contributed by atoms with Gasteiger partial charge in [-0.1, -0.05) is 30.3 Å². The highest BCUT2D eigenvalue weighted by molar-refractivity contribution is 14.1. The van der Waals surface area contributed by atoms with Gasteiger partial charge in [-0.2, -0.15) is 0 Å². The summed E-state index contributed by atoms with van der Waals surface area (Å²) in [6, 6.07) is 19.6. The lowest BCUT2D eigenvalue weighted by Gasteiger charge is -2.08. The molecule has 0 saturated carbocycles. The molecule has 0 aliphatic carbocycles. The Kier molecular flexibility index (Phi) is 6.71. The summed E-state index contributed by atoms with van der Waals surface area (Å²) in [5.74, 6) is -0.862. The molecule has 3 aromatic rings.